The molecule has 4 saturated heterocycles. The van der Waals surface area contributed by atoms with Crippen molar-refractivity contribution in [3.8, 4) is 0 Å². The van der Waals surface area contributed by atoms with Crippen molar-refractivity contribution in [2.45, 2.75) is 279 Å². The molecule has 0 bridgehead atoms. The molecular weight excluding hydrogens is 1320 g/mol. The fourth-order valence-corrected chi connectivity index (χ4v) is 17.6. The lowest BCUT2D eigenvalue weighted by molar-refractivity contribution is -0.182. The summed E-state index contributed by atoms with van der Waals surface area (Å²) in [7, 11) is 7.31. The molecular formula is C72H114ClF3N12O12. The summed E-state index contributed by atoms with van der Waals surface area (Å²) in [5.74, 6) is -10.4. The molecule has 24 nitrogen and oxygen atoms in total. The van der Waals surface area contributed by atoms with Crippen LogP contribution in [0.15, 0.2) is 0 Å². The average Bonchev–Trinajstić information content (AvgIpc) is 1.32. The average molecular weight is 1430 g/mol. The van der Waals surface area contributed by atoms with E-state index in [-0.39, 0.29) is 107 Å². The Kier molecular flexibility index (Phi) is 27.6. The largest absolute Gasteiger partial charge is 0.393 e. The van der Waals surface area contributed by atoms with Gasteiger partial charge in [0, 0.05) is 66.8 Å². The Labute approximate surface area is 594 Å². The van der Waals surface area contributed by atoms with Gasteiger partial charge in [0.15, 0.2) is 0 Å². The molecule has 0 aromatic heterocycles. The maximum Gasteiger partial charge on any atom is 0.393 e. The highest BCUT2D eigenvalue weighted by atomic mass is 35.5. The third-order valence-corrected chi connectivity index (χ3v) is 24.3. The van der Waals surface area contributed by atoms with E-state index in [1.807, 2.05) is 20.8 Å². The zero-order chi connectivity index (χ0) is 73.2. The maximum absolute atomic E-state index is 15.6. The molecule has 4 aliphatic carbocycles. The molecule has 100 heavy (non-hydrogen) atoms. The molecule has 4 heterocycles. The molecule has 28 heteroatoms. The van der Waals surface area contributed by atoms with Crippen LogP contribution in [0.25, 0.3) is 0 Å². The van der Waals surface area contributed by atoms with E-state index in [2.05, 4.69) is 21.3 Å². The minimum absolute atomic E-state index is 0.00473. The second-order valence-electron chi connectivity index (χ2n) is 31.1. The summed E-state index contributed by atoms with van der Waals surface area (Å²) < 4.78 is 42.1. The van der Waals surface area contributed by atoms with Gasteiger partial charge in [-0.25, -0.2) is 0 Å². The number of nitrogens with zero attached hydrogens (tertiary/aromatic N) is 8. The molecule has 8 fully saturated rings. The van der Waals surface area contributed by atoms with Gasteiger partial charge in [-0.15, -0.1) is 11.6 Å². The van der Waals surface area contributed by atoms with Crippen molar-refractivity contribution in [3.63, 3.8) is 0 Å². The molecule has 13 atom stereocenters. The first-order chi connectivity index (χ1) is 47.3. The summed E-state index contributed by atoms with van der Waals surface area (Å²) in [6.07, 6.45) is 6.47. The molecule has 3 unspecified atom stereocenters. The standard InChI is InChI=1S/C72H114ClF3N12O12/c1-11-44(4)59-69(99)82(7)45(5)64(94)88-37-31-54(88)68(98)84(9)56(40-46-22-13-12-14-23-46)67(97)81(6)42-57(89)77-51(30-28-47-27-29-49(50(73)39-47)72(74,75)76)66(96)87-36-21-26-53(87)62(92)80-71(32-17-18-33-71)70(100)85(10)60(48-24-15-16-25-48)63(93)78-52(65(95)86-34-19-20-35-86)41-58(90)83(8)55(38-43(2)3)61(91)79-59/h43-56,59-60H,11-42H2,1-10H3,(H,77,89)(H,78,93)(H,79,91)(H,80,92)/t44-,45-,47?,49?,50?,51-,52-,53-,54-,55-,56-,59-,60-/m0/s1. The van der Waals surface area contributed by atoms with E-state index in [1.165, 1.54) is 76.5 Å². The third kappa shape index (κ3) is 18.7. The Morgan fingerprint density at radius 3 is 1.84 bits per heavy atom. The van der Waals surface area contributed by atoms with E-state index in [4.69, 9.17) is 11.6 Å². The molecule has 8 aliphatic rings. The van der Waals surface area contributed by atoms with E-state index < -0.39 is 167 Å². The summed E-state index contributed by atoms with van der Waals surface area (Å²) in [4.78, 5) is 190. The van der Waals surface area contributed by atoms with Crippen molar-refractivity contribution in [2.24, 2.45) is 35.5 Å². The van der Waals surface area contributed by atoms with Crippen LogP contribution in [0.2, 0.25) is 0 Å². The number of likely N-dealkylation sites (tertiary alicyclic amines) is 1. The van der Waals surface area contributed by atoms with Gasteiger partial charge < -0.3 is 60.5 Å². The molecule has 4 saturated carbocycles. The molecule has 8 rings (SSSR count). The van der Waals surface area contributed by atoms with Gasteiger partial charge in [0.05, 0.1) is 18.9 Å². The number of hydrogen-bond acceptors (Lipinski definition) is 12. The summed E-state index contributed by atoms with van der Waals surface area (Å²) in [5.41, 5.74) is -1.54. The van der Waals surface area contributed by atoms with Crippen molar-refractivity contribution in [3.05, 3.63) is 0 Å². The zero-order valence-corrected chi connectivity index (χ0v) is 61.6. The van der Waals surface area contributed by atoms with E-state index >= 15 is 24.0 Å². The van der Waals surface area contributed by atoms with Crippen LogP contribution in [0.4, 0.5) is 13.2 Å². The molecule has 1 spiro atoms. The van der Waals surface area contributed by atoms with E-state index in [9.17, 15) is 46.7 Å². The highest BCUT2D eigenvalue weighted by Crippen LogP contribution is 2.44. The van der Waals surface area contributed by atoms with Crippen LogP contribution < -0.4 is 21.3 Å². The number of amides is 12. The van der Waals surface area contributed by atoms with Crippen LogP contribution in [0.5, 0.6) is 0 Å². The minimum atomic E-state index is -4.50. The normalized spacial score (nSPS) is 31.7. The molecule has 562 valence electrons. The van der Waals surface area contributed by atoms with Gasteiger partial charge in [-0.3, -0.25) is 57.5 Å². The second-order valence-corrected chi connectivity index (χ2v) is 31.7. The Bertz CT molecular complexity index is 2960. The quantitative estimate of drug-likeness (QED) is 0.176. The molecule has 0 radical (unpaired) electrons. The monoisotopic (exact) mass is 1430 g/mol. The number of likely N-dealkylation sites (N-methyl/N-ethyl adjacent to an activating group) is 5. The maximum atomic E-state index is 15.6. The Hall–Kier alpha value is -6.28. The van der Waals surface area contributed by atoms with Crippen LogP contribution in [0, 0.1) is 35.5 Å². The minimum Gasteiger partial charge on any atom is -0.343 e. The third-order valence-electron chi connectivity index (χ3n) is 23.8. The highest BCUT2D eigenvalue weighted by molar-refractivity contribution is 6.21. The van der Waals surface area contributed by atoms with Crippen LogP contribution in [-0.2, 0) is 57.5 Å². The smallest absolute Gasteiger partial charge is 0.343 e. The predicted octanol–water partition coefficient (Wildman–Crippen LogP) is 5.89. The summed E-state index contributed by atoms with van der Waals surface area (Å²) in [6, 6.07) is -10.7. The van der Waals surface area contributed by atoms with Crippen molar-refractivity contribution in [2.75, 3.05) is 68.0 Å². The first-order valence-corrected chi connectivity index (χ1v) is 37.9. The first-order valence-electron chi connectivity index (χ1n) is 37.4. The Morgan fingerprint density at radius 2 is 1.24 bits per heavy atom. The molecule has 4 aliphatic heterocycles. The lowest BCUT2D eigenvalue weighted by Crippen LogP contribution is -2.65. The number of carbonyl (C=O) groups excluding carboxylic acids is 12. The molecule has 0 aromatic carbocycles. The number of carbonyl (C=O) groups is 12. The predicted molar refractivity (Wildman–Crippen MR) is 368 cm³/mol. The Morgan fingerprint density at radius 1 is 0.600 bits per heavy atom. The highest BCUT2D eigenvalue weighted by Gasteiger charge is 2.53. The fourth-order valence-electron chi connectivity index (χ4n) is 17.1. The number of hydrogen-bond donors (Lipinski definition) is 4. The number of halogens is 4. The van der Waals surface area contributed by atoms with Gasteiger partial charge >= 0.3 is 6.18 Å². The van der Waals surface area contributed by atoms with Gasteiger partial charge in [-0.1, -0.05) is 91.9 Å². The first kappa shape index (κ1) is 79.4. The van der Waals surface area contributed by atoms with Crippen molar-refractivity contribution in [1.29, 1.82) is 0 Å². The molecule has 12 amide bonds. The molecule has 4 N–H and O–H groups in total. The van der Waals surface area contributed by atoms with Gasteiger partial charge in [0.1, 0.15) is 59.9 Å². The number of rotatable bonds is 11. The van der Waals surface area contributed by atoms with Crippen molar-refractivity contribution >= 4 is 82.5 Å². The van der Waals surface area contributed by atoms with Crippen LogP contribution in [0.3, 0.4) is 0 Å². The molecule has 0 aromatic rings. The SMILES string of the molecule is CC[C@H](C)[C@@H]1NC(=O)[C@H](CC(C)C)N(C)C(=O)C[C@@H](C(=O)N2CCCC2)NC(=O)[C@H](C2CCCC2)N(C)C(=O)C2(CCCC2)NC(=O)[C@@H]2CCCN2C(=O)[C@H](CCC2CCC(C(F)(F)F)C(Cl)C2)NC(=O)CN(C)C(=O)[C@H](CC2CCCCC2)N(C)C(=O)[C@@H]2CCN2C(=O)[C@H](C)N(C)C1=O. The van der Waals surface area contributed by atoms with Crippen molar-refractivity contribution < 1.29 is 70.7 Å². The van der Waals surface area contributed by atoms with Gasteiger partial charge in [-0.2, -0.15) is 13.2 Å². The van der Waals surface area contributed by atoms with Crippen molar-refractivity contribution in [1.82, 2.24) is 60.5 Å². The van der Waals surface area contributed by atoms with Gasteiger partial charge in [0.2, 0.25) is 70.9 Å². The fraction of sp³-hybridized carbons (Fsp3) is 0.833. The van der Waals surface area contributed by atoms with Crippen LogP contribution in [0.1, 0.15) is 208 Å². The lowest BCUT2D eigenvalue weighted by atomic mass is 9.78. The van der Waals surface area contributed by atoms with Crippen LogP contribution in [-0.4, -0.2) is 250 Å². The number of alkyl halides is 4. The Balaban J connectivity index is 1.15. The number of fused-ring (bicyclic) bond motifs is 2. The summed E-state index contributed by atoms with van der Waals surface area (Å²) in [5, 5.41) is 10.6. The van der Waals surface area contributed by atoms with Gasteiger partial charge in [-0.05, 0) is 139 Å². The number of nitrogens with one attached hydrogen (secondary N) is 4. The van der Waals surface area contributed by atoms with Crippen LogP contribution >= 0.6 is 11.6 Å². The summed E-state index contributed by atoms with van der Waals surface area (Å²) in [6.45, 7) is 9.32. The lowest BCUT2D eigenvalue weighted by Gasteiger charge is -2.45. The topological polar surface area (TPSA) is 279 Å². The van der Waals surface area contributed by atoms with E-state index in [0.29, 0.717) is 64.5 Å². The second kappa shape index (κ2) is 34.8. The summed E-state index contributed by atoms with van der Waals surface area (Å²) >= 11 is 6.41. The van der Waals surface area contributed by atoms with Gasteiger partial charge in [0.25, 0.3) is 0 Å². The zero-order valence-electron chi connectivity index (χ0n) is 60.9. The van der Waals surface area contributed by atoms with E-state index in [1.54, 1.807) is 11.8 Å². The van der Waals surface area contributed by atoms with E-state index in [0.717, 1.165) is 44.9 Å².